The van der Waals surface area contributed by atoms with Crippen molar-refractivity contribution in [1.82, 2.24) is 4.90 Å². The lowest BCUT2D eigenvalue weighted by atomic mass is 9.79. The van der Waals surface area contributed by atoms with Gasteiger partial charge in [-0.25, -0.2) is 0 Å². The number of carbonyl (C=O) groups excluding carboxylic acids is 1. The monoisotopic (exact) mass is 259 g/mol. The molecule has 0 spiro atoms. The number of ketones is 1. The van der Waals surface area contributed by atoms with E-state index in [1.807, 2.05) is 6.07 Å². The minimum atomic E-state index is 0.257. The normalized spacial score (nSPS) is 23.8. The maximum absolute atomic E-state index is 12.0. The topological polar surface area (TPSA) is 20.3 Å². The van der Waals surface area contributed by atoms with Crippen LogP contribution < -0.4 is 0 Å². The molecule has 1 aromatic carbocycles. The highest BCUT2D eigenvalue weighted by atomic mass is 16.1. The fraction of sp³-hybridized carbons (Fsp3) is 0.588. The Morgan fingerprint density at radius 3 is 2.68 bits per heavy atom. The van der Waals surface area contributed by atoms with Gasteiger partial charge in [-0.2, -0.15) is 0 Å². The molecule has 2 atom stereocenters. The Labute approximate surface area is 116 Å². The maximum Gasteiger partial charge on any atom is 0.137 e. The van der Waals surface area contributed by atoms with Crippen LogP contribution in [0.15, 0.2) is 30.3 Å². The summed E-state index contributed by atoms with van der Waals surface area (Å²) in [5, 5.41) is 0. The molecule has 104 valence electrons. The van der Waals surface area contributed by atoms with Gasteiger partial charge in [-0.3, -0.25) is 4.79 Å². The van der Waals surface area contributed by atoms with E-state index in [0.717, 1.165) is 38.3 Å². The highest BCUT2D eigenvalue weighted by Crippen LogP contribution is 2.29. The van der Waals surface area contributed by atoms with Crippen molar-refractivity contribution < 1.29 is 4.79 Å². The lowest BCUT2D eigenvalue weighted by Crippen LogP contribution is -2.34. The molecule has 2 nitrogen and oxygen atoms in total. The van der Waals surface area contributed by atoms with Crippen LogP contribution in [0, 0.1) is 11.8 Å². The SMILES string of the molecule is CCC1CCC(=O)C(CN(C)Cc2ccccc2)C1. The number of nitrogens with zero attached hydrogens (tertiary/aromatic N) is 1. The zero-order valence-electron chi connectivity index (χ0n) is 12.1. The van der Waals surface area contributed by atoms with Crippen molar-refractivity contribution in [2.45, 2.75) is 39.2 Å². The fourth-order valence-electron chi connectivity index (χ4n) is 3.09. The number of carbonyl (C=O) groups is 1. The number of Topliss-reactive ketones (excluding diaryl/α,β-unsaturated/α-hetero) is 1. The van der Waals surface area contributed by atoms with E-state index in [9.17, 15) is 4.79 Å². The van der Waals surface area contributed by atoms with E-state index < -0.39 is 0 Å². The number of benzene rings is 1. The Balaban J connectivity index is 1.87. The Hall–Kier alpha value is -1.15. The number of hydrogen-bond donors (Lipinski definition) is 0. The maximum atomic E-state index is 12.0. The van der Waals surface area contributed by atoms with E-state index in [4.69, 9.17) is 0 Å². The second-order valence-electron chi connectivity index (χ2n) is 5.89. The van der Waals surface area contributed by atoms with E-state index in [-0.39, 0.29) is 5.92 Å². The van der Waals surface area contributed by atoms with E-state index >= 15 is 0 Å². The minimum absolute atomic E-state index is 0.257. The van der Waals surface area contributed by atoms with E-state index in [1.165, 1.54) is 12.0 Å². The largest absolute Gasteiger partial charge is 0.301 e. The first-order valence-electron chi connectivity index (χ1n) is 7.44. The van der Waals surface area contributed by atoms with Gasteiger partial charge in [0.1, 0.15) is 5.78 Å². The van der Waals surface area contributed by atoms with Gasteiger partial charge in [0.15, 0.2) is 0 Å². The summed E-state index contributed by atoms with van der Waals surface area (Å²) >= 11 is 0. The molecule has 2 unspecified atom stereocenters. The van der Waals surface area contributed by atoms with Gasteiger partial charge in [-0.1, -0.05) is 43.7 Å². The molecule has 19 heavy (non-hydrogen) atoms. The van der Waals surface area contributed by atoms with Crippen LogP contribution in [-0.4, -0.2) is 24.3 Å². The highest BCUT2D eigenvalue weighted by molar-refractivity contribution is 5.81. The lowest BCUT2D eigenvalue weighted by Gasteiger charge is -2.30. The Kier molecular flexibility index (Phi) is 5.15. The van der Waals surface area contributed by atoms with Crippen LogP contribution in [0.3, 0.4) is 0 Å². The quantitative estimate of drug-likeness (QED) is 0.806. The molecule has 0 N–H and O–H groups in total. The summed E-state index contributed by atoms with van der Waals surface area (Å²) in [5.74, 6) is 1.49. The molecular formula is C17H25NO. The van der Waals surface area contributed by atoms with Crippen molar-refractivity contribution in [3.8, 4) is 0 Å². The molecule has 0 radical (unpaired) electrons. The van der Waals surface area contributed by atoms with Gasteiger partial charge < -0.3 is 4.90 Å². The molecule has 2 rings (SSSR count). The molecule has 0 bridgehead atoms. The summed E-state index contributed by atoms with van der Waals surface area (Å²) < 4.78 is 0. The van der Waals surface area contributed by atoms with Crippen LogP contribution in [0.4, 0.5) is 0 Å². The summed E-state index contributed by atoms with van der Waals surface area (Å²) in [5.41, 5.74) is 1.32. The second-order valence-corrected chi connectivity index (χ2v) is 5.89. The predicted octanol–water partition coefficient (Wildman–Crippen LogP) is 3.51. The molecule has 1 saturated carbocycles. The van der Waals surface area contributed by atoms with Crippen LogP contribution in [-0.2, 0) is 11.3 Å². The van der Waals surface area contributed by atoms with Crippen molar-refractivity contribution >= 4 is 5.78 Å². The zero-order chi connectivity index (χ0) is 13.7. The molecule has 0 saturated heterocycles. The van der Waals surface area contributed by atoms with Crippen LogP contribution >= 0.6 is 0 Å². The third kappa shape index (κ3) is 4.17. The van der Waals surface area contributed by atoms with Gasteiger partial charge in [-0.15, -0.1) is 0 Å². The first kappa shape index (κ1) is 14.3. The van der Waals surface area contributed by atoms with E-state index in [0.29, 0.717) is 5.78 Å². The zero-order valence-corrected chi connectivity index (χ0v) is 12.1. The molecule has 0 amide bonds. The average Bonchev–Trinajstić information content (AvgIpc) is 2.42. The molecule has 2 heteroatoms. The molecule has 1 aliphatic rings. The Bertz CT molecular complexity index is 401. The Morgan fingerprint density at radius 2 is 2.00 bits per heavy atom. The highest BCUT2D eigenvalue weighted by Gasteiger charge is 2.28. The van der Waals surface area contributed by atoms with Crippen molar-refractivity contribution in [2.24, 2.45) is 11.8 Å². The summed E-state index contributed by atoms with van der Waals surface area (Å²) in [6.07, 6.45) is 4.21. The van der Waals surface area contributed by atoms with Crippen molar-refractivity contribution in [3.63, 3.8) is 0 Å². The number of rotatable bonds is 5. The van der Waals surface area contributed by atoms with Gasteiger partial charge in [0, 0.05) is 25.4 Å². The smallest absolute Gasteiger partial charge is 0.137 e. The summed E-state index contributed by atoms with van der Waals surface area (Å²) in [7, 11) is 2.12. The first-order chi connectivity index (χ1) is 9.19. The van der Waals surface area contributed by atoms with Gasteiger partial charge in [0.25, 0.3) is 0 Å². The van der Waals surface area contributed by atoms with Crippen molar-refractivity contribution in [1.29, 1.82) is 0 Å². The van der Waals surface area contributed by atoms with Crippen molar-refractivity contribution in [3.05, 3.63) is 35.9 Å². The predicted molar refractivity (Wildman–Crippen MR) is 78.9 cm³/mol. The van der Waals surface area contributed by atoms with Gasteiger partial charge in [-0.05, 0) is 31.4 Å². The summed E-state index contributed by atoms with van der Waals surface area (Å²) in [6.45, 7) is 4.08. The van der Waals surface area contributed by atoms with Gasteiger partial charge >= 0.3 is 0 Å². The average molecular weight is 259 g/mol. The van der Waals surface area contributed by atoms with Gasteiger partial charge in [0.2, 0.25) is 0 Å². The molecule has 0 heterocycles. The standard InChI is InChI=1S/C17H25NO/c1-3-14-9-10-17(19)16(11-14)13-18(2)12-15-7-5-4-6-8-15/h4-8,14,16H,3,9-13H2,1-2H3. The Morgan fingerprint density at radius 1 is 1.26 bits per heavy atom. The van der Waals surface area contributed by atoms with Crippen LogP contribution in [0.2, 0.25) is 0 Å². The number of hydrogen-bond acceptors (Lipinski definition) is 2. The molecular weight excluding hydrogens is 234 g/mol. The molecule has 1 fully saturated rings. The molecule has 0 aliphatic heterocycles. The minimum Gasteiger partial charge on any atom is -0.301 e. The van der Waals surface area contributed by atoms with Gasteiger partial charge in [0.05, 0.1) is 0 Å². The molecule has 0 aromatic heterocycles. The summed E-state index contributed by atoms with van der Waals surface area (Å²) in [6, 6.07) is 10.5. The summed E-state index contributed by atoms with van der Waals surface area (Å²) in [4.78, 5) is 14.3. The van der Waals surface area contributed by atoms with Crippen molar-refractivity contribution in [2.75, 3.05) is 13.6 Å². The van der Waals surface area contributed by atoms with Crippen LogP contribution in [0.5, 0.6) is 0 Å². The van der Waals surface area contributed by atoms with E-state index in [1.54, 1.807) is 0 Å². The van der Waals surface area contributed by atoms with Crippen LogP contribution in [0.25, 0.3) is 0 Å². The van der Waals surface area contributed by atoms with E-state index in [2.05, 4.69) is 43.1 Å². The van der Waals surface area contributed by atoms with Crippen LogP contribution in [0.1, 0.15) is 38.2 Å². The second kappa shape index (κ2) is 6.85. The molecule has 1 aromatic rings. The fourth-order valence-corrected chi connectivity index (χ4v) is 3.09. The molecule has 1 aliphatic carbocycles. The lowest BCUT2D eigenvalue weighted by molar-refractivity contribution is -0.126. The third-order valence-electron chi connectivity index (χ3n) is 4.28. The first-order valence-corrected chi connectivity index (χ1v) is 7.44. The third-order valence-corrected chi connectivity index (χ3v) is 4.28.